The van der Waals surface area contributed by atoms with Crippen LogP contribution in [0.2, 0.25) is 0 Å². The number of nitrogens with two attached hydrogens (primary N) is 1. The molecule has 4 heteroatoms. The molecule has 3 rings (SSSR count). The minimum atomic E-state index is -0.877. The van der Waals surface area contributed by atoms with Gasteiger partial charge in [0.15, 0.2) is 0 Å². The van der Waals surface area contributed by atoms with Crippen molar-refractivity contribution < 1.29 is 15.0 Å². The predicted molar refractivity (Wildman–Crippen MR) is 98.5 cm³/mol. The molecule has 0 aromatic heterocycles. The minimum Gasteiger partial charge on any atom is -0.505 e. The second-order valence-electron chi connectivity index (χ2n) is 5.95. The van der Waals surface area contributed by atoms with Gasteiger partial charge in [0.05, 0.1) is 11.6 Å². The predicted octanol–water partition coefficient (Wildman–Crippen LogP) is 4.05. The second kappa shape index (κ2) is 7.09. The Morgan fingerprint density at radius 3 is 2.40 bits per heavy atom. The Balaban J connectivity index is 1.98. The number of aliphatic carboxylic acids is 1. The normalized spacial score (nSPS) is 11.8. The van der Waals surface area contributed by atoms with Crippen molar-refractivity contribution in [1.82, 2.24) is 0 Å². The van der Waals surface area contributed by atoms with Crippen LogP contribution in [0.15, 0.2) is 72.8 Å². The van der Waals surface area contributed by atoms with Crippen LogP contribution in [0.1, 0.15) is 17.0 Å². The Morgan fingerprint density at radius 2 is 1.68 bits per heavy atom. The van der Waals surface area contributed by atoms with Crippen molar-refractivity contribution >= 4 is 11.7 Å². The number of carbonyl (C=O) groups is 1. The second-order valence-corrected chi connectivity index (χ2v) is 5.95. The number of carboxylic acid groups (broad SMARTS) is 1. The average molecular weight is 333 g/mol. The lowest BCUT2D eigenvalue weighted by Crippen LogP contribution is -2.14. The number of aromatic hydroxyl groups is 1. The van der Waals surface area contributed by atoms with Crippen molar-refractivity contribution in [1.29, 1.82) is 0 Å². The summed E-state index contributed by atoms with van der Waals surface area (Å²) in [4.78, 5) is 11.8. The minimum absolute atomic E-state index is 0.00887. The number of benzene rings is 3. The molecule has 0 saturated carbocycles. The monoisotopic (exact) mass is 333 g/mol. The molecule has 0 amide bonds. The van der Waals surface area contributed by atoms with E-state index in [0.29, 0.717) is 23.2 Å². The Labute approximate surface area is 146 Å². The van der Waals surface area contributed by atoms with Gasteiger partial charge < -0.3 is 15.9 Å². The van der Waals surface area contributed by atoms with Crippen LogP contribution in [0.5, 0.6) is 5.75 Å². The molecule has 0 aliphatic carbocycles. The highest BCUT2D eigenvalue weighted by molar-refractivity contribution is 5.80. The number of rotatable bonds is 5. The summed E-state index contributed by atoms with van der Waals surface area (Å²) in [5.41, 5.74) is 9.04. The first-order chi connectivity index (χ1) is 12.1. The maximum Gasteiger partial charge on any atom is 0.311 e. The first-order valence-electron chi connectivity index (χ1n) is 8.01. The third-order valence-electron chi connectivity index (χ3n) is 4.25. The fourth-order valence-electron chi connectivity index (χ4n) is 2.91. The van der Waals surface area contributed by atoms with E-state index >= 15 is 0 Å². The van der Waals surface area contributed by atoms with Crippen LogP contribution in [0, 0.1) is 0 Å². The summed E-state index contributed by atoms with van der Waals surface area (Å²) >= 11 is 0. The SMILES string of the molecule is Nc1cccc(-c2cccc(C(Cc3ccccc3)C(=O)O)c2)c1O. The fourth-order valence-corrected chi connectivity index (χ4v) is 2.91. The van der Waals surface area contributed by atoms with Crippen LogP contribution in [0.4, 0.5) is 5.69 Å². The van der Waals surface area contributed by atoms with E-state index in [1.165, 1.54) is 0 Å². The number of hydrogen-bond donors (Lipinski definition) is 3. The van der Waals surface area contributed by atoms with Gasteiger partial charge in [-0.3, -0.25) is 4.79 Å². The summed E-state index contributed by atoms with van der Waals surface area (Å²) < 4.78 is 0. The molecule has 1 unspecified atom stereocenters. The average Bonchev–Trinajstić information content (AvgIpc) is 2.63. The number of anilines is 1. The van der Waals surface area contributed by atoms with Crippen LogP contribution in [0.3, 0.4) is 0 Å². The molecule has 0 fully saturated rings. The summed E-state index contributed by atoms with van der Waals surface area (Å²) in [6, 6.07) is 21.9. The van der Waals surface area contributed by atoms with Gasteiger partial charge in [-0.2, -0.15) is 0 Å². The lowest BCUT2D eigenvalue weighted by atomic mass is 9.90. The van der Waals surface area contributed by atoms with Crippen LogP contribution in [-0.4, -0.2) is 16.2 Å². The lowest BCUT2D eigenvalue weighted by molar-refractivity contribution is -0.138. The van der Waals surface area contributed by atoms with E-state index in [4.69, 9.17) is 5.73 Å². The molecule has 0 saturated heterocycles. The van der Waals surface area contributed by atoms with Gasteiger partial charge in [0.25, 0.3) is 0 Å². The van der Waals surface area contributed by atoms with Crippen molar-refractivity contribution in [3.8, 4) is 16.9 Å². The Bertz CT molecular complexity index is 891. The molecular formula is C21H19NO3. The maximum absolute atomic E-state index is 11.8. The fraction of sp³-hybridized carbons (Fsp3) is 0.0952. The standard InChI is InChI=1S/C21H19NO3/c22-19-11-5-10-17(20(19)23)15-8-4-9-16(13-15)18(21(24)25)12-14-6-2-1-3-7-14/h1-11,13,18,23H,12,22H2,(H,24,25). The summed E-state index contributed by atoms with van der Waals surface area (Å²) in [7, 11) is 0. The van der Waals surface area contributed by atoms with Crippen molar-refractivity contribution in [3.05, 3.63) is 83.9 Å². The Hall–Kier alpha value is -3.27. The smallest absolute Gasteiger partial charge is 0.311 e. The number of hydrogen-bond acceptors (Lipinski definition) is 3. The molecule has 0 spiro atoms. The third kappa shape index (κ3) is 3.63. The highest BCUT2D eigenvalue weighted by atomic mass is 16.4. The number of phenols is 1. The Morgan fingerprint density at radius 1 is 0.960 bits per heavy atom. The number of carboxylic acids is 1. The molecule has 0 aliphatic rings. The highest BCUT2D eigenvalue weighted by Crippen LogP contribution is 2.35. The van der Waals surface area contributed by atoms with E-state index in [0.717, 1.165) is 11.1 Å². The number of nitrogen functional groups attached to an aromatic ring is 1. The molecule has 3 aromatic rings. The van der Waals surface area contributed by atoms with Gasteiger partial charge in [-0.05, 0) is 29.2 Å². The molecular weight excluding hydrogens is 314 g/mol. The molecule has 0 radical (unpaired) electrons. The molecule has 126 valence electrons. The lowest BCUT2D eigenvalue weighted by Gasteiger charge is -2.15. The van der Waals surface area contributed by atoms with Gasteiger partial charge in [0, 0.05) is 5.56 Å². The third-order valence-corrected chi connectivity index (χ3v) is 4.25. The number of phenolic OH excluding ortho intramolecular Hbond substituents is 1. The van der Waals surface area contributed by atoms with Crippen LogP contribution in [-0.2, 0) is 11.2 Å². The summed E-state index contributed by atoms with van der Waals surface area (Å²) in [6.45, 7) is 0. The van der Waals surface area contributed by atoms with E-state index in [1.54, 1.807) is 36.4 Å². The molecule has 0 bridgehead atoms. The van der Waals surface area contributed by atoms with Gasteiger partial charge >= 0.3 is 5.97 Å². The maximum atomic E-state index is 11.8. The topological polar surface area (TPSA) is 83.6 Å². The zero-order chi connectivity index (χ0) is 17.8. The zero-order valence-corrected chi connectivity index (χ0v) is 13.6. The quantitative estimate of drug-likeness (QED) is 0.486. The van der Waals surface area contributed by atoms with Crippen LogP contribution < -0.4 is 5.73 Å². The molecule has 4 nitrogen and oxygen atoms in total. The molecule has 0 aliphatic heterocycles. The number of para-hydroxylation sites is 1. The van der Waals surface area contributed by atoms with Gasteiger partial charge in [-0.25, -0.2) is 0 Å². The van der Waals surface area contributed by atoms with Crippen molar-refractivity contribution in [2.24, 2.45) is 0 Å². The molecule has 0 heterocycles. The summed E-state index contributed by atoms with van der Waals surface area (Å²) in [5.74, 6) is -1.53. The Kier molecular flexibility index (Phi) is 4.70. The van der Waals surface area contributed by atoms with Crippen molar-refractivity contribution in [2.75, 3.05) is 5.73 Å². The van der Waals surface area contributed by atoms with E-state index in [9.17, 15) is 15.0 Å². The van der Waals surface area contributed by atoms with Crippen molar-refractivity contribution in [3.63, 3.8) is 0 Å². The summed E-state index contributed by atoms with van der Waals surface area (Å²) in [6.07, 6.45) is 0.405. The van der Waals surface area contributed by atoms with Gasteiger partial charge in [-0.15, -0.1) is 0 Å². The van der Waals surface area contributed by atoms with E-state index in [1.807, 2.05) is 36.4 Å². The van der Waals surface area contributed by atoms with Crippen LogP contribution >= 0.6 is 0 Å². The first kappa shape index (κ1) is 16.6. The van der Waals surface area contributed by atoms with E-state index in [2.05, 4.69) is 0 Å². The van der Waals surface area contributed by atoms with Gasteiger partial charge in [-0.1, -0.05) is 66.7 Å². The molecule has 1 atom stereocenters. The van der Waals surface area contributed by atoms with E-state index < -0.39 is 11.9 Å². The van der Waals surface area contributed by atoms with Gasteiger partial charge in [0.1, 0.15) is 5.75 Å². The largest absolute Gasteiger partial charge is 0.505 e. The molecule has 25 heavy (non-hydrogen) atoms. The van der Waals surface area contributed by atoms with E-state index in [-0.39, 0.29) is 5.75 Å². The molecule has 3 aromatic carbocycles. The van der Waals surface area contributed by atoms with Gasteiger partial charge in [0.2, 0.25) is 0 Å². The van der Waals surface area contributed by atoms with Crippen molar-refractivity contribution in [2.45, 2.75) is 12.3 Å². The first-order valence-corrected chi connectivity index (χ1v) is 8.01. The molecule has 4 N–H and O–H groups in total. The van der Waals surface area contributed by atoms with Crippen LogP contribution in [0.25, 0.3) is 11.1 Å². The zero-order valence-electron chi connectivity index (χ0n) is 13.6. The highest BCUT2D eigenvalue weighted by Gasteiger charge is 2.21. The summed E-state index contributed by atoms with van der Waals surface area (Å²) in [5, 5.41) is 19.9.